The van der Waals surface area contributed by atoms with Gasteiger partial charge in [0.25, 0.3) is 15.7 Å². The van der Waals surface area contributed by atoms with Crippen LogP contribution in [-0.4, -0.2) is 24.8 Å². The third kappa shape index (κ3) is 2.89. The molecule has 0 radical (unpaired) electrons. The van der Waals surface area contributed by atoms with Gasteiger partial charge in [-0.25, -0.2) is 8.42 Å². The average Bonchev–Trinajstić information content (AvgIpc) is 2.17. The Bertz CT molecular complexity index is 488. The molecule has 16 heavy (non-hydrogen) atoms. The van der Waals surface area contributed by atoms with Crippen molar-refractivity contribution in [2.24, 2.45) is 5.84 Å². The molecule has 0 aliphatic heterocycles. The Balaban J connectivity index is 0.00000225. The Morgan fingerprint density at radius 3 is 2.44 bits per heavy atom. The van der Waals surface area contributed by atoms with Crippen LogP contribution >= 0.6 is 12.4 Å². The molecule has 0 aliphatic carbocycles. The molecule has 1 aromatic carbocycles. The standard InChI is InChI=1S/C7H9N3O4S.ClH/c1-9(8)15(13,14)7-4-2-3-6(5-7)10(11)12;/h2-5H,8H2,1H3;1H. The molecule has 7 nitrogen and oxygen atoms in total. The third-order valence-electron chi connectivity index (χ3n) is 1.71. The van der Waals surface area contributed by atoms with Crippen molar-refractivity contribution in [2.45, 2.75) is 4.90 Å². The lowest BCUT2D eigenvalue weighted by Crippen LogP contribution is -2.33. The van der Waals surface area contributed by atoms with Gasteiger partial charge in [-0.15, -0.1) is 16.8 Å². The maximum absolute atomic E-state index is 11.5. The van der Waals surface area contributed by atoms with E-state index in [1.54, 1.807) is 0 Å². The van der Waals surface area contributed by atoms with Gasteiger partial charge in [-0.1, -0.05) is 6.07 Å². The van der Waals surface area contributed by atoms with Crippen LogP contribution in [0.3, 0.4) is 0 Å². The molecule has 0 spiro atoms. The molecule has 90 valence electrons. The van der Waals surface area contributed by atoms with E-state index in [0.29, 0.717) is 4.41 Å². The minimum absolute atomic E-state index is 0. The SMILES string of the molecule is CN(N)S(=O)(=O)c1cccc([N+](=O)[O-])c1.Cl. The first kappa shape index (κ1) is 14.8. The van der Waals surface area contributed by atoms with Gasteiger partial charge in [0.2, 0.25) is 0 Å². The number of nitrogens with two attached hydrogens (primary N) is 1. The molecule has 0 aromatic heterocycles. The van der Waals surface area contributed by atoms with Crippen molar-refractivity contribution in [3.05, 3.63) is 34.4 Å². The Hall–Kier alpha value is -1.22. The minimum atomic E-state index is -3.83. The number of rotatable bonds is 3. The third-order valence-corrected chi connectivity index (χ3v) is 3.31. The van der Waals surface area contributed by atoms with Gasteiger partial charge >= 0.3 is 0 Å². The van der Waals surface area contributed by atoms with Crippen molar-refractivity contribution in [2.75, 3.05) is 7.05 Å². The predicted molar refractivity (Wildman–Crippen MR) is 59.5 cm³/mol. The summed E-state index contributed by atoms with van der Waals surface area (Å²) in [6.45, 7) is 0. The van der Waals surface area contributed by atoms with Crippen LogP contribution in [0.1, 0.15) is 0 Å². The van der Waals surface area contributed by atoms with Gasteiger partial charge in [0.1, 0.15) is 0 Å². The summed E-state index contributed by atoms with van der Waals surface area (Å²) in [6, 6.07) is 4.69. The van der Waals surface area contributed by atoms with Crippen LogP contribution in [0.15, 0.2) is 29.2 Å². The van der Waals surface area contributed by atoms with Crippen molar-refractivity contribution in [1.82, 2.24) is 4.41 Å². The molecule has 0 saturated heterocycles. The second kappa shape index (κ2) is 5.21. The molecule has 0 amide bonds. The average molecular weight is 268 g/mol. The molecule has 2 N–H and O–H groups in total. The van der Waals surface area contributed by atoms with Gasteiger partial charge in [-0.05, 0) is 6.07 Å². The number of hydrogen-bond acceptors (Lipinski definition) is 5. The highest BCUT2D eigenvalue weighted by atomic mass is 35.5. The lowest BCUT2D eigenvalue weighted by molar-refractivity contribution is -0.385. The van der Waals surface area contributed by atoms with Crippen LogP contribution in [0.4, 0.5) is 5.69 Å². The van der Waals surface area contributed by atoms with E-state index in [2.05, 4.69) is 0 Å². The summed E-state index contributed by atoms with van der Waals surface area (Å²) in [5.74, 6) is 5.10. The molecule has 0 atom stereocenters. The van der Waals surface area contributed by atoms with E-state index in [1.807, 2.05) is 0 Å². The van der Waals surface area contributed by atoms with E-state index in [-0.39, 0.29) is 23.0 Å². The first-order valence-corrected chi connectivity index (χ1v) is 5.28. The molecule has 0 fully saturated rings. The van der Waals surface area contributed by atoms with Gasteiger partial charge in [0.05, 0.1) is 9.82 Å². The summed E-state index contributed by atoms with van der Waals surface area (Å²) >= 11 is 0. The number of nitro benzene ring substituents is 1. The van der Waals surface area contributed by atoms with Gasteiger partial charge < -0.3 is 0 Å². The highest BCUT2D eigenvalue weighted by Crippen LogP contribution is 2.18. The van der Waals surface area contributed by atoms with Gasteiger partial charge in [0, 0.05) is 19.2 Å². The molecule has 1 rings (SSSR count). The second-order valence-corrected chi connectivity index (χ2v) is 4.77. The summed E-state index contributed by atoms with van der Waals surface area (Å²) in [4.78, 5) is 9.54. The predicted octanol–water partition coefficient (Wildman–Crippen LogP) is 0.511. The fraction of sp³-hybridized carbons (Fsp3) is 0.143. The Morgan fingerprint density at radius 1 is 1.44 bits per heavy atom. The largest absolute Gasteiger partial charge is 0.270 e. The van der Waals surface area contributed by atoms with Gasteiger partial charge in [-0.2, -0.15) is 0 Å². The van der Waals surface area contributed by atoms with E-state index in [9.17, 15) is 18.5 Å². The van der Waals surface area contributed by atoms with E-state index in [1.165, 1.54) is 18.2 Å². The molecule has 1 aromatic rings. The van der Waals surface area contributed by atoms with Crippen LogP contribution in [0.5, 0.6) is 0 Å². The topological polar surface area (TPSA) is 107 Å². The summed E-state index contributed by atoms with van der Waals surface area (Å²) in [6.07, 6.45) is 0. The Labute approximate surface area is 98.4 Å². The number of halogens is 1. The van der Waals surface area contributed by atoms with Crippen LogP contribution in [0, 0.1) is 10.1 Å². The fourth-order valence-electron chi connectivity index (χ4n) is 0.924. The summed E-state index contributed by atoms with van der Waals surface area (Å²) in [7, 11) is -2.68. The normalized spacial score (nSPS) is 10.9. The van der Waals surface area contributed by atoms with Crippen molar-refractivity contribution in [3.8, 4) is 0 Å². The summed E-state index contributed by atoms with van der Waals surface area (Å²) in [5, 5.41) is 10.4. The highest BCUT2D eigenvalue weighted by molar-refractivity contribution is 7.89. The van der Waals surface area contributed by atoms with Crippen molar-refractivity contribution in [3.63, 3.8) is 0 Å². The molecule has 9 heteroatoms. The van der Waals surface area contributed by atoms with Gasteiger partial charge in [0.15, 0.2) is 0 Å². The van der Waals surface area contributed by atoms with Crippen molar-refractivity contribution < 1.29 is 13.3 Å². The number of hydrazine groups is 1. The lowest BCUT2D eigenvalue weighted by Gasteiger charge is -2.10. The zero-order chi connectivity index (χ0) is 11.6. The second-order valence-electron chi connectivity index (χ2n) is 2.78. The van der Waals surface area contributed by atoms with E-state index >= 15 is 0 Å². The number of non-ortho nitro benzene ring substituents is 1. The number of nitrogens with zero attached hydrogens (tertiary/aromatic N) is 2. The number of hydrogen-bond donors (Lipinski definition) is 1. The first-order chi connectivity index (χ1) is 6.85. The molecule has 0 heterocycles. The Kier molecular flexibility index (Phi) is 4.81. The van der Waals surface area contributed by atoms with Crippen molar-refractivity contribution >= 4 is 28.1 Å². The molecular weight excluding hydrogens is 258 g/mol. The maximum atomic E-state index is 11.5. The molecule has 0 bridgehead atoms. The molecule has 0 unspecified atom stereocenters. The molecular formula is C7H10ClN3O4S. The quantitative estimate of drug-likeness (QED) is 0.488. The summed E-state index contributed by atoms with van der Waals surface area (Å²) in [5.41, 5.74) is -0.294. The maximum Gasteiger partial charge on any atom is 0.270 e. The van der Waals surface area contributed by atoms with Crippen LogP contribution in [0.25, 0.3) is 0 Å². The number of sulfonamides is 1. The van der Waals surface area contributed by atoms with E-state index in [4.69, 9.17) is 5.84 Å². The monoisotopic (exact) mass is 267 g/mol. The lowest BCUT2D eigenvalue weighted by atomic mass is 10.3. The minimum Gasteiger partial charge on any atom is -0.258 e. The highest BCUT2D eigenvalue weighted by Gasteiger charge is 2.20. The van der Waals surface area contributed by atoms with Crippen LogP contribution in [0.2, 0.25) is 0 Å². The van der Waals surface area contributed by atoms with Crippen molar-refractivity contribution in [1.29, 1.82) is 0 Å². The fourth-order valence-corrected chi connectivity index (χ4v) is 1.78. The Morgan fingerprint density at radius 2 is 2.00 bits per heavy atom. The first-order valence-electron chi connectivity index (χ1n) is 3.84. The molecule has 0 aliphatic rings. The zero-order valence-corrected chi connectivity index (χ0v) is 9.86. The van der Waals surface area contributed by atoms with Crippen LogP contribution < -0.4 is 5.84 Å². The number of benzene rings is 1. The molecule has 0 saturated carbocycles. The van der Waals surface area contributed by atoms with Crippen LogP contribution in [-0.2, 0) is 10.0 Å². The van der Waals surface area contributed by atoms with E-state index < -0.39 is 14.9 Å². The smallest absolute Gasteiger partial charge is 0.258 e. The van der Waals surface area contributed by atoms with E-state index in [0.717, 1.165) is 13.1 Å². The number of nitro groups is 1. The zero-order valence-electron chi connectivity index (χ0n) is 8.23. The summed E-state index contributed by atoms with van der Waals surface area (Å²) < 4.78 is 23.5. The van der Waals surface area contributed by atoms with Gasteiger partial charge in [-0.3, -0.25) is 16.0 Å².